The fourth-order valence-corrected chi connectivity index (χ4v) is 1.41. The summed E-state index contributed by atoms with van der Waals surface area (Å²) in [6.07, 6.45) is 5.19. The normalized spacial score (nSPS) is 10.3. The third kappa shape index (κ3) is 2.33. The zero-order valence-corrected chi connectivity index (χ0v) is 7.84. The van der Waals surface area contributed by atoms with Gasteiger partial charge in [-0.1, -0.05) is 0 Å². The standard InChI is InChI=1S/C8H7N3O2S/c9-3-1-2-5(10)6-4-11-7(14-6)8(12)13/h1-4,9-10H,(H,12,13). The molecule has 0 aliphatic heterocycles. The average Bonchev–Trinajstić information content (AvgIpc) is 2.62. The lowest BCUT2D eigenvalue weighted by Gasteiger charge is -1.88. The van der Waals surface area contributed by atoms with Crippen molar-refractivity contribution >= 4 is 29.2 Å². The van der Waals surface area contributed by atoms with Crippen LogP contribution in [0.15, 0.2) is 18.3 Å². The Kier molecular flexibility index (Phi) is 3.24. The Hall–Kier alpha value is -1.82. The Morgan fingerprint density at radius 1 is 1.64 bits per heavy atom. The molecule has 0 amide bonds. The first kappa shape index (κ1) is 10.3. The molecule has 72 valence electrons. The predicted molar refractivity (Wildman–Crippen MR) is 53.8 cm³/mol. The van der Waals surface area contributed by atoms with Gasteiger partial charge in [-0.2, -0.15) is 0 Å². The lowest BCUT2D eigenvalue weighted by molar-refractivity contribution is 0.0696. The monoisotopic (exact) mass is 209 g/mol. The Bertz CT molecular complexity index is 408. The van der Waals surface area contributed by atoms with Crippen LogP contribution in [0.4, 0.5) is 0 Å². The van der Waals surface area contributed by atoms with E-state index in [4.69, 9.17) is 15.9 Å². The SMILES string of the molecule is N=CC=CC(=N)c1cnc(C(=O)O)s1. The number of hydrogen-bond donors (Lipinski definition) is 3. The van der Waals surface area contributed by atoms with Crippen molar-refractivity contribution in [3.63, 3.8) is 0 Å². The molecular weight excluding hydrogens is 202 g/mol. The molecule has 0 atom stereocenters. The smallest absolute Gasteiger partial charge is 0.365 e. The molecule has 0 bridgehead atoms. The summed E-state index contributed by atoms with van der Waals surface area (Å²) in [5, 5.41) is 22.7. The first-order valence-electron chi connectivity index (χ1n) is 3.60. The van der Waals surface area contributed by atoms with Gasteiger partial charge in [0.1, 0.15) is 0 Å². The molecule has 1 heterocycles. The number of aromatic carboxylic acids is 1. The third-order valence-electron chi connectivity index (χ3n) is 1.31. The number of nitrogens with one attached hydrogen (secondary N) is 2. The lowest BCUT2D eigenvalue weighted by atomic mass is 10.3. The summed E-state index contributed by atoms with van der Waals surface area (Å²) in [7, 11) is 0. The molecule has 14 heavy (non-hydrogen) atoms. The Morgan fingerprint density at radius 3 is 2.86 bits per heavy atom. The number of aromatic nitrogens is 1. The van der Waals surface area contributed by atoms with E-state index in [0.29, 0.717) is 4.88 Å². The number of nitrogens with zero attached hydrogens (tertiary/aromatic N) is 1. The Balaban J connectivity index is 2.86. The average molecular weight is 209 g/mol. The summed E-state index contributed by atoms with van der Waals surface area (Å²) in [4.78, 5) is 14.6. The van der Waals surface area contributed by atoms with Gasteiger partial charge in [0.2, 0.25) is 5.01 Å². The zero-order valence-electron chi connectivity index (χ0n) is 7.02. The summed E-state index contributed by atoms with van der Waals surface area (Å²) < 4.78 is 0. The van der Waals surface area contributed by atoms with Gasteiger partial charge in [0.15, 0.2) is 0 Å². The highest BCUT2D eigenvalue weighted by Crippen LogP contribution is 2.13. The molecule has 0 fully saturated rings. The highest BCUT2D eigenvalue weighted by Gasteiger charge is 2.10. The van der Waals surface area contributed by atoms with E-state index in [9.17, 15) is 4.79 Å². The minimum absolute atomic E-state index is 0.0343. The molecule has 0 aromatic carbocycles. The van der Waals surface area contributed by atoms with Crippen LogP contribution in [0.1, 0.15) is 14.7 Å². The minimum Gasteiger partial charge on any atom is -0.476 e. The molecule has 0 aliphatic rings. The van der Waals surface area contributed by atoms with Crippen LogP contribution < -0.4 is 0 Å². The summed E-state index contributed by atoms with van der Waals surface area (Å²) in [6.45, 7) is 0. The van der Waals surface area contributed by atoms with Crippen LogP contribution in [-0.2, 0) is 0 Å². The fourth-order valence-electron chi connectivity index (χ4n) is 0.724. The highest BCUT2D eigenvalue weighted by atomic mass is 32.1. The number of allylic oxidation sites excluding steroid dienone is 2. The predicted octanol–water partition coefficient (Wildman–Crippen LogP) is 1.41. The molecule has 0 spiro atoms. The maximum atomic E-state index is 10.5. The van der Waals surface area contributed by atoms with Gasteiger partial charge in [-0.05, 0) is 12.2 Å². The maximum Gasteiger partial charge on any atom is 0.365 e. The van der Waals surface area contributed by atoms with E-state index in [1.165, 1.54) is 18.3 Å². The second-order valence-electron chi connectivity index (χ2n) is 2.27. The molecule has 1 aromatic rings. The topological polar surface area (TPSA) is 97.9 Å². The number of carboxylic acid groups (broad SMARTS) is 1. The Morgan fingerprint density at radius 2 is 2.36 bits per heavy atom. The maximum absolute atomic E-state index is 10.5. The van der Waals surface area contributed by atoms with Gasteiger partial charge in [0.25, 0.3) is 0 Å². The number of rotatable bonds is 4. The van der Waals surface area contributed by atoms with E-state index >= 15 is 0 Å². The van der Waals surface area contributed by atoms with Crippen LogP contribution >= 0.6 is 11.3 Å². The lowest BCUT2D eigenvalue weighted by Crippen LogP contribution is -1.93. The molecule has 0 radical (unpaired) electrons. The summed E-state index contributed by atoms with van der Waals surface area (Å²) >= 11 is 0.938. The zero-order chi connectivity index (χ0) is 10.6. The van der Waals surface area contributed by atoms with Crippen LogP contribution in [-0.4, -0.2) is 28.0 Å². The minimum atomic E-state index is -1.09. The quantitative estimate of drug-likeness (QED) is 0.654. The van der Waals surface area contributed by atoms with Crippen molar-refractivity contribution < 1.29 is 9.90 Å². The first-order valence-corrected chi connectivity index (χ1v) is 4.42. The third-order valence-corrected chi connectivity index (χ3v) is 2.33. The van der Waals surface area contributed by atoms with Crippen LogP contribution in [0, 0.1) is 10.8 Å². The van der Waals surface area contributed by atoms with Crippen molar-refractivity contribution in [2.24, 2.45) is 0 Å². The summed E-state index contributed by atoms with van der Waals surface area (Å²) in [5.41, 5.74) is 0.151. The van der Waals surface area contributed by atoms with E-state index in [2.05, 4.69) is 4.98 Å². The van der Waals surface area contributed by atoms with E-state index < -0.39 is 5.97 Å². The molecule has 5 nitrogen and oxygen atoms in total. The van der Waals surface area contributed by atoms with Crippen molar-refractivity contribution in [3.05, 3.63) is 28.2 Å². The van der Waals surface area contributed by atoms with Gasteiger partial charge in [-0.25, -0.2) is 9.78 Å². The molecule has 0 saturated carbocycles. The number of carbonyl (C=O) groups is 1. The van der Waals surface area contributed by atoms with Gasteiger partial charge in [0.05, 0.1) is 10.6 Å². The van der Waals surface area contributed by atoms with E-state index in [1.807, 2.05) is 0 Å². The summed E-state index contributed by atoms with van der Waals surface area (Å²) in [5.74, 6) is -1.09. The largest absolute Gasteiger partial charge is 0.476 e. The van der Waals surface area contributed by atoms with Gasteiger partial charge in [-0.3, -0.25) is 5.41 Å². The number of carboxylic acids is 1. The van der Waals surface area contributed by atoms with Crippen LogP contribution in [0.25, 0.3) is 0 Å². The van der Waals surface area contributed by atoms with Gasteiger partial charge >= 0.3 is 5.97 Å². The summed E-state index contributed by atoms with van der Waals surface area (Å²) in [6, 6.07) is 0. The van der Waals surface area contributed by atoms with E-state index in [-0.39, 0.29) is 10.7 Å². The highest BCUT2D eigenvalue weighted by molar-refractivity contribution is 7.15. The van der Waals surface area contributed by atoms with Gasteiger partial charge in [-0.15, -0.1) is 11.3 Å². The second-order valence-corrected chi connectivity index (χ2v) is 3.30. The van der Waals surface area contributed by atoms with Crippen molar-refractivity contribution in [3.8, 4) is 0 Å². The molecule has 0 aliphatic carbocycles. The van der Waals surface area contributed by atoms with E-state index in [0.717, 1.165) is 17.6 Å². The first-order chi connectivity index (χ1) is 6.65. The van der Waals surface area contributed by atoms with Gasteiger partial charge in [0, 0.05) is 12.4 Å². The molecule has 1 aromatic heterocycles. The second kappa shape index (κ2) is 4.43. The molecule has 0 unspecified atom stereocenters. The van der Waals surface area contributed by atoms with Crippen LogP contribution in [0.2, 0.25) is 0 Å². The fraction of sp³-hybridized carbons (Fsp3) is 0. The van der Waals surface area contributed by atoms with Crippen molar-refractivity contribution in [2.45, 2.75) is 0 Å². The Labute approximate surface area is 83.8 Å². The van der Waals surface area contributed by atoms with Crippen LogP contribution in [0.5, 0.6) is 0 Å². The molecule has 0 saturated heterocycles. The molecule has 6 heteroatoms. The van der Waals surface area contributed by atoms with Crippen molar-refractivity contribution in [1.82, 2.24) is 4.98 Å². The number of hydrogen-bond acceptors (Lipinski definition) is 5. The van der Waals surface area contributed by atoms with Gasteiger partial charge < -0.3 is 10.5 Å². The van der Waals surface area contributed by atoms with Crippen molar-refractivity contribution in [1.29, 1.82) is 10.8 Å². The van der Waals surface area contributed by atoms with E-state index in [1.54, 1.807) is 0 Å². The van der Waals surface area contributed by atoms with Crippen LogP contribution in [0.3, 0.4) is 0 Å². The van der Waals surface area contributed by atoms with Crippen molar-refractivity contribution in [2.75, 3.05) is 0 Å². The molecule has 1 rings (SSSR count). The number of thiazole rings is 1. The molecular formula is C8H7N3O2S. The molecule has 3 N–H and O–H groups in total.